The highest BCUT2D eigenvalue weighted by Gasteiger charge is 2.21. The lowest BCUT2D eigenvalue weighted by Crippen LogP contribution is -2.46. The van der Waals surface area contributed by atoms with Crippen LogP contribution >= 0.6 is 23.4 Å². The zero-order valence-electron chi connectivity index (χ0n) is 12.0. The first-order chi connectivity index (χ1) is 9.95. The van der Waals surface area contributed by atoms with Crippen molar-refractivity contribution in [2.75, 3.05) is 19.1 Å². The van der Waals surface area contributed by atoms with Gasteiger partial charge in [-0.3, -0.25) is 0 Å². The number of thioether (sulfide) groups is 1. The molecule has 0 spiro atoms. The normalized spacial score (nSPS) is 11.8. The molecule has 0 heterocycles. The number of nitrogens with zero attached hydrogens (tertiary/aromatic N) is 1. The van der Waals surface area contributed by atoms with Crippen LogP contribution in [0.15, 0.2) is 24.3 Å². The number of aliphatic carboxylic acids is 1. The predicted molar refractivity (Wildman–Crippen MR) is 85.9 cm³/mol. The molecule has 2 amide bonds. The molecule has 0 bridgehead atoms. The topological polar surface area (TPSA) is 69.6 Å². The van der Waals surface area contributed by atoms with Crippen molar-refractivity contribution in [1.82, 2.24) is 10.2 Å². The van der Waals surface area contributed by atoms with E-state index in [4.69, 9.17) is 16.7 Å². The van der Waals surface area contributed by atoms with Gasteiger partial charge >= 0.3 is 12.0 Å². The molecule has 1 aromatic carbocycles. The molecular weight excluding hydrogens is 312 g/mol. The van der Waals surface area contributed by atoms with Crippen LogP contribution < -0.4 is 5.32 Å². The maximum Gasteiger partial charge on any atom is 0.326 e. The van der Waals surface area contributed by atoms with Gasteiger partial charge in [-0.15, -0.1) is 0 Å². The average Bonchev–Trinajstić information content (AvgIpc) is 2.45. The molecule has 1 rings (SSSR count). The Hall–Kier alpha value is -1.40. The molecule has 0 radical (unpaired) electrons. The Labute approximate surface area is 133 Å². The second-order valence-electron chi connectivity index (χ2n) is 4.57. The minimum Gasteiger partial charge on any atom is -0.480 e. The molecule has 2 N–H and O–H groups in total. The first-order valence-electron chi connectivity index (χ1n) is 6.42. The molecule has 0 saturated heterocycles. The highest BCUT2D eigenvalue weighted by atomic mass is 35.5. The number of rotatable bonds is 7. The molecule has 1 aromatic rings. The summed E-state index contributed by atoms with van der Waals surface area (Å²) in [5, 5.41) is 12.2. The van der Waals surface area contributed by atoms with E-state index in [0.29, 0.717) is 23.7 Å². The third-order valence-corrected chi connectivity index (χ3v) is 3.93. The van der Waals surface area contributed by atoms with E-state index in [1.807, 2.05) is 24.5 Å². The van der Waals surface area contributed by atoms with E-state index in [1.54, 1.807) is 24.9 Å². The summed E-state index contributed by atoms with van der Waals surface area (Å²) in [5.74, 6) is -0.352. The summed E-state index contributed by atoms with van der Waals surface area (Å²) >= 11 is 7.58. The van der Waals surface area contributed by atoms with E-state index >= 15 is 0 Å². The predicted octanol–water partition coefficient (Wildman–Crippen LogP) is 2.69. The number of urea groups is 1. The van der Waals surface area contributed by atoms with Crippen molar-refractivity contribution in [2.24, 2.45) is 0 Å². The summed E-state index contributed by atoms with van der Waals surface area (Å²) in [6.45, 7) is 0.320. The Kier molecular flexibility index (Phi) is 7.39. The molecule has 5 nitrogen and oxygen atoms in total. The van der Waals surface area contributed by atoms with Crippen molar-refractivity contribution < 1.29 is 14.7 Å². The summed E-state index contributed by atoms with van der Waals surface area (Å²) < 4.78 is 0. The number of carboxylic acids is 1. The molecule has 0 aromatic heterocycles. The Morgan fingerprint density at radius 2 is 2.10 bits per heavy atom. The highest BCUT2D eigenvalue weighted by molar-refractivity contribution is 7.98. The summed E-state index contributed by atoms with van der Waals surface area (Å²) in [6.07, 6.45) is 2.28. The molecule has 0 aliphatic rings. The van der Waals surface area contributed by atoms with Crippen LogP contribution in [-0.4, -0.2) is 47.1 Å². The smallest absolute Gasteiger partial charge is 0.326 e. The quantitative estimate of drug-likeness (QED) is 0.806. The van der Waals surface area contributed by atoms with E-state index in [-0.39, 0.29) is 0 Å². The number of halogens is 1. The second-order valence-corrected chi connectivity index (χ2v) is 5.96. The van der Waals surface area contributed by atoms with Crippen molar-refractivity contribution >= 4 is 35.4 Å². The molecule has 7 heteroatoms. The van der Waals surface area contributed by atoms with E-state index in [9.17, 15) is 9.59 Å². The van der Waals surface area contributed by atoms with Gasteiger partial charge in [0.15, 0.2) is 0 Å². The summed E-state index contributed by atoms with van der Waals surface area (Å²) in [6, 6.07) is 5.93. The number of amides is 2. The van der Waals surface area contributed by atoms with Crippen LogP contribution in [0.1, 0.15) is 12.0 Å². The molecule has 0 aliphatic heterocycles. The minimum absolute atomic E-state index is 0.320. The Morgan fingerprint density at radius 3 is 2.67 bits per heavy atom. The van der Waals surface area contributed by atoms with Crippen molar-refractivity contribution in [2.45, 2.75) is 19.0 Å². The molecule has 1 unspecified atom stereocenters. The maximum atomic E-state index is 12.0. The third-order valence-electron chi connectivity index (χ3n) is 2.92. The molecular formula is C14H19ClN2O3S. The van der Waals surface area contributed by atoms with Crippen LogP contribution in [-0.2, 0) is 11.3 Å². The SMILES string of the molecule is CSCCC(NC(=O)N(C)Cc1ccccc1Cl)C(=O)O. The molecule has 21 heavy (non-hydrogen) atoms. The van der Waals surface area contributed by atoms with Gasteiger partial charge < -0.3 is 15.3 Å². The van der Waals surface area contributed by atoms with Crippen LogP contribution in [0.3, 0.4) is 0 Å². The van der Waals surface area contributed by atoms with Gasteiger partial charge in [0.2, 0.25) is 0 Å². The number of nitrogens with one attached hydrogen (secondary N) is 1. The lowest BCUT2D eigenvalue weighted by Gasteiger charge is -2.21. The fourth-order valence-electron chi connectivity index (χ4n) is 1.71. The van der Waals surface area contributed by atoms with Crippen LogP contribution in [0.4, 0.5) is 4.79 Å². The van der Waals surface area contributed by atoms with Gasteiger partial charge in [0, 0.05) is 18.6 Å². The zero-order chi connectivity index (χ0) is 15.8. The molecule has 1 atom stereocenters. The maximum absolute atomic E-state index is 12.0. The average molecular weight is 331 g/mol. The lowest BCUT2D eigenvalue weighted by molar-refractivity contribution is -0.139. The summed E-state index contributed by atoms with van der Waals surface area (Å²) in [4.78, 5) is 24.6. The minimum atomic E-state index is -1.02. The number of hydrogen-bond donors (Lipinski definition) is 2. The number of carbonyl (C=O) groups is 2. The standard InChI is InChI=1S/C14H19ClN2O3S/c1-17(9-10-5-3-4-6-11(10)15)14(20)16-12(13(18)19)7-8-21-2/h3-6,12H,7-9H2,1-2H3,(H,16,20)(H,18,19). The van der Waals surface area contributed by atoms with Crippen molar-refractivity contribution in [1.29, 1.82) is 0 Å². The highest BCUT2D eigenvalue weighted by Crippen LogP contribution is 2.16. The molecule has 0 fully saturated rings. The molecule has 0 aliphatic carbocycles. The summed E-state index contributed by atoms with van der Waals surface area (Å²) in [7, 11) is 1.60. The summed E-state index contributed by atoms with van der Waals surface area (Å²) in [5.41, 5.74) is 0.813. The zero-order valence-corrected chi connectivity index (χ0v) is 13.6. The molecule has 0 saturated carbocycles. The number of hydrogen-bond acceptors (Lipinski definition) is 3. The fraction of sp³-hybridized carbons (Fsp3) is 0.429. The van der Waals surface area contributed by atoms with E-state index in [2.05, 4.69) is 5.32 Å². The van der Waals surface area contributed by atoms with Crippen LogP contribution in [0.5, 0.6) is 0 Å². The van der Waals surface area contributed by atoms with Gasteiger partial charge in [0.25, 0.3) is 0 Å². The first kappa shape index (κ1) is 17.7. The van der Waals surface area contributed by atoms with Gasteiger partial charge in [-0.05, 0) is 30.1 Å². The van der Waals surface area contributed by atoms with Gasteiger partial charge in [-0.1, -0.05) is 29.8 Å². The van der Waals surface area contributed by atoms with Crippen LogP contribution in [0.25, 0.3) is 0 Å². The van der Waals surface area contributed by atoms with Gasteiger partial charge in [-0.25, -0.2) is 9.59 Å². The van der Waals surface area contributed by atoms with Crippen LogP contribution in [0.2, 0.25) is 5.02 Å². The van der Waals surface area contributed by atoms with E-state index in [0.717, 1.165) is 5.56 Å². The monoisotopic (exact) mass is 330 g/mol. The van der Waals surface area contributed by atoms with Crippen molar-refractivity contribution in [3.63, 3.8) is 0 Å². The third kappa shape index (κ3) is 5.85. The van der Waals surface area contributed by atoms with Gasteiger partial charge in [0.1, 0.15) is 6.04 Å². The van der Waals surface area contributed by atoms with Gasteiger partial charge in [0.05, 0.1) is 0 Å². The second kappa shape index (κ2) is 8.79. The number of carboxylic acid groups (broad SMARTS) is 1. The lowest BCUT2D eigenvalue weighted by atomic mass is 10.2. The Balaban J connectivity index is 2.61. The Bertz CT molecular complexity index is 499. The van der Waals surface area contributed by atoms with E-state index < -0.39 is 18.0 Å². The van der Waals surface area contributed by atoms with Crippen molar-refractivity contribution in [3.05, 3.63) is 34.9 Å². The molecule has 116 valence electrons. The fourth-order valence-corrected chi connectivity index (χ4v) is 2.37. The largest absolute Gasteiger partial charge is 0.480 e. The van der Waals surface area contributed by atoms with E-state index in [1.165, 1.54) is 4.90 Å². The van der Waals surface area contributed by atoms with Crippen LogP contribution in [0, 0.1) is 0 Å². The van der Waals surface area contributed by atoms with Crippen molar-refractivity contribution in [3.8, 4) is 0 Å². The Morgan fingerprint density at radius 1 is 1.43 bits per heavy atom. The first-order valence-corrected chi connectivity index (χ1v) is 8.19. The van der Waals surface area contributed by atoms with Gasteiger partial charge in [-0.2, -0.15) is 11.8 Å². The number of benzene rings is 1. The number of carbonyl (C=O) groups excluding carboxylic acids is 1.